The molecule has 0 unspecified atom stereocenters. The van der Waals surface area contributed by atoms with E-state index in [2.05, 4.69) is 0 Å². The number of hydrogen-bond acceptors (Lipinski definition) is 3. The van der Waals surface area contributed by atoms with E-state index in [1.807, 2.05) is 36.4 Å². The molecule has 0 aliphatic heterocycles. The largest absolute Gasteiger partial charge is 0.490 e. The molecule has 1 rings (SSSR count). The Bertz CT molecular complexity index is 280. The van der Waals surface area contributed by atoms with E-state index in [1.54, 1.807) is 0 Å². The van der Waals surface area contributed by atoms with E-state index in [-0.39, 0.29) is 6.61 Å². The van der Waals surface area contributed by atoms with Gasteiger partial charge in [0, 0.05) is 6.54 Å². The lowest BCUT2D eigenvalue weighted by atomic mass is 10.2. The van der Waals surface area contributed by atoms with Gasteiger partial charge < -0.3 is 15.6 Å². The molecule has 3 heteroatoms. The number of nitrogens with two attached hydrogens (primary N) is 1. The first-order chi connectivity index (χ1) is 6.86. The summed E-state index contributed by atoms with van der Waals surface area (Å²) in [6, 6.07) is 7.34. The molecule has 0 aliphatic rings. The van der Waals surface area contributed by atoms with E-state index in [1.165, 1.54) is 0 Å². The lowest BCUT2D eigenvalue weighted by Gasteiger charge is -2.03. The van der Waals surface area contributed by atoms with Gasteiger partial charge in [-0.3, -0.25) is 0 Å². The van der Waals surface area contributed by atoms with Gasteiger partial charge in [0.05, 0.1) is 6.61 Å². The predicted molar refractivity (Wildman–Crippen MR) is 56.1 cm³/mol. The molecule has 0 fully saturated rings. The van der Waals surface area contributed by atoms with Gasteiger partial charge >= 0.3 is 0 Å². The van der Waals surface area contributed by atoms with Crippen molar-refractivity contribution < 1.29 is 9.84 Å². The van der Waals surface area contributed by atoms with Crippen LogP contribution in [0.4, 0.5) is 0 Å². The first kappa shape index (κ1) is 10.8. The molecule has 0 aliphatic carbocycles. The van der Waals surface area contributed by atoms with E-state index in [4.69, 9.17) is 15.6 Å². The third-order valence-corrected chi connectivity index (χ3v) is 1.75. The molecule has 0 atom stereocenters. The monoisotopic (exact) mass is 193 g/mol. The topological polar surface area (TPSA) is 55.5 Å². The van der Waals surface area contributed by atoms with Crippen LogP contribution in [0.25, 0.3) is 0 Å². The van der Waals surface area contributed by atoms with E-state index >= 15 is 0 Å². The van der Waals surface area contributed by atoms with Crippen molar-refractivity contribution in [2.24, 2.45) is 5.73 Å². The summed E-state index contributed by atoms with van der Waals surface area (Å²) in [5.74, 6) is 0.795. The van der Waals surface area contributed by atoms with Crippen LogP contribution >= 0.6 is 0 Å². The Hall–Kier alpha value is -1.32. The molecule has 1 aromatic rings. The molecule has 0 saturated carbocycles. The van der Waals surface area contributed by atoms with E-state index in [9.17, 15) is 0 Å². The highest BCUT2D eigenvalue weighted by atomic mass is 16.5. The van der Waals surface area contributed by atoms with Crippen molar-refractivity contribution in [2.45, 2.75) is 6.61 Å². The van der Waals surface area contributed by atoms with Crippen molar-refractivity contribution in [1.29, 1.82) is 0 Å². The summed E-state index contributed by atoms with van der Waals surface area (Å²) < 4.78 is 5.38. The minimum Gasteiger partial charge on any atom is -0.490 e. The SMILES string of the molecule is NCC=CCOc1ccc(CO)cc1. The lowest BCUT2D eigenvalue weighted by molar-refractivity contribution is 0.281. The number of hydrogen-bond donors (Lipinski definition) is 2. The summed E-state index contributed by atoms with van der Waals surface area (Å²) in [7, 11) is 0. The van der Waals surface area contributed by atoms with Crippen LogP contribution in [-0.4, -0.2) is 18.3 Å². The molecule has 0 radical (unpaired) electrons. The predicted octanol–water partition coefficient (Wildman–Crippen LogP) is 1.07. The third-order valence-electron chi connectivity index (χ3n) is 1.75. The first-order valence-corrected chi connectivity index (χ1v) is 4.54. The van der Waals surface area contributed by atoms with Crippen LogP contribution in [0.15, 0.2) is 36.4 Å². The maximum atomic E-state index is 8.81. The molecule has 1 aromatic carbocycles. The van der Waals surface area contributed by atoms with Gasteiger partial charge in [-0.15, -0.1) is 0 Å². The normalized spacial score (nSPS) is 10.7. The van der Waals surface area contributed by atoms with Crippen LogP contribution in [0.3, 0.4) is 0 Å². The first-order valence-electron chi connectivity index (χ1n) is 4.54. The summed E-state index contributed by atoms with van der Waals surface area (Å²) in [5.41, 5.74) is 6.16. The van der Waals surface area contributed by atoms with Crippen molar-refractivity contribution in [3.8, 4) is 5.75 Å². The van der Waals surface area contributed by atoms with Crippen LogP contribution in [0, 0.1) is 0 Å². The van der Waals surface area contributed by atoms with Crippen LogP contribution in [0.1, 0.15) is 5.56 Å². The molecule has 0 heterocycles. The number of ether oxygens (including phenoxy) is 1. The fraction of sp³-hybridized carbons (Fsp3) is 0.273. The fourth-order valence-corrected chi connectivity index (χ4v) is 1.000. The van der Waals surface area contributed by atoms with E-state index in [0.717, 1.165) is 11.3 Å². The number of aliphatic hydroxyl groups is 1. The zero-order chi connectivity index (χ0) is 10.2. The summed E-state index contributed by atoms with van der Waals surface area (Å²) in [4.78, 5) is 0. The summed E-state index contributed by atoms with van der Waals surface area (Å²) >= 11 is 0. The maximum absolute atomic E-state index is 8.81. The van der Waals surface area contributed by atoms with Gasteiger partial charge in [0.1, 0.15) is 12.4 Å². The number of rotatable bonds is 5. The Labute approximate surface area is 83.8 Å². The van der Waals surface area contributed by atoms with Gasteiger partial charge in [0.15, 0.2) is 0 Å². The summed E-state index contributed by atoms with van der Waals surface area (Å²) in [5, 5.41) is 8.81. The molecule has 0 amide bonds. The van der Waals surface area contributed by atoms with Crippen LogP contribution in [0.2, 0.25) is 0 Å². The quantitative estimate of drug-likeness (QED) is 0.688. The second-order valence-corrected chi connectivity index (χ2v) is 2.82. The van der Waals surface area contributed by atoms with Gasteiger partial charge in [-0.05, 0) is 17.7 Å². The molecule has 0 bridgehead atoms. The standard InChI is InChI=1S/C11H15NO2/c12-7-1-2-8-14-11-5-3-10(9-13)4-6-11/h1-6,13H,7-9,12H2. The molecule has 3 N–H and O–H groups in total. The Morgan fingerprint density at radius 1 is 1.21 bits per heavy atom. The molecule has 0 spiro atoms. The Morgan fingerprint density at radius 3 is 2.50 bits per heavy atom. The number of aliphatic hydroxyl groups excluding tert-OH is 1. The van der Waals surface area contributed by atoms with Crippen molar-refractivity contribution in [1.82, 2.24) is 0 Å². The minimum atomic E-state index is 0.0629. The Morgan fingerprint density at radius 2 is 1.93 bits per heavy atom. The van der Waals surface area contributed by atoms with E-state index < -0.39 is 0 Å². The molecular weight excluding hydrogens is 178 g/mol. The van der Waals surface area contributed by atoms with Crippen LogP contribution in [0.5, 0.6) is 5.75 Å². The summed E-state index contributed by atoms with van der Waals surface area (Å²) in [6.45, 7) is 1.12. The second-order valence-electron chi connectivity index (χ2n) is 2.82. The third kappa shape index (κ3) is 3.60. The maximum Gasteiger partial charge on any atom is 0.119 e. The highest BCUT2D eigenvalue weighted by molar-refractivity contribution is 5.26. The van der Waals surface area contributed by atoms with Gasteiger partial charge in [0.2, 0.25) is 0 Å². The van der Waals surface area contributed by atoms with Gasteiger partial charge in [-0.1, -0.05) is 24.3 Å². The molecular formula is C11H15NO2. The van der Waals surface area contributed by atoms with Crippen molar-refractivity contribution >= 4 is 0 Å². The molecule has 3 nitrogen and oxygen atoms in total. The minimum absolute atomic E-state index is 0.0629. The van der Waals surface area contributed by atoms with Crippen LogP contribution < -0.4 is 10.5 Å². The molecule has 76 valence electrons. The van der Waals surface area contributed by atoms with Crippen molar-refractivity contribution in [2.75, 3.05) is 13.2 Å². The average molecular weight is 193 g/mol. The zero-order valence-electron chi connectivity index (χ0n) is 8.02. The highest BCUT2D eigenvalue weighted by Crippen LogP contribution is 2.11. The number of benzene rings is 1. The highest BCUT2D eigenvalue weighted by Gasteiger charge is 1.92. The van der Waals surface area contributed by atoms with Crippen molar-refractivity contribution in [3.05, 3.63) is 42.0 Å². The Kier molecular flexibility index (Phi) is 4.75. The molecule has 14 heavy (non-hydrogen) atoms. The molecule has 0 saturated heterocycles. The second kappa shape index (κ2) is 6.18. The van der Waals surface area contributed by atoms with Crippen molar-refractivity contribution in [3.63, 3.8) is 0 Å². The average Bonchev–Trinajstić information content (AvgIpc) is 2.25. The smallest absolute Gasteiger partial charge is 0.119 e. The summed E-state index contributed by atoms with van der Waals surface area (Å²) in [6.07, 6.45) is 3.72. The van der Waals surface area contributed by atoms with Crippen LogP contribution in [-0.2, 0) is 6.61 Å². The van der Waals surface area contributed by atoms with E-state index in [0.29, 0.717) is 13.2 Å². The fourth-order valence-electron chi connectivity index (χ4n) is 1.000. The van der Waals surface area contributed by atoms with Gasteiger partial charge in [-0.25, -0.2) is 0 Å². The van der Waals surface area contributed by atoms with Gasteiger partial charge in [0.25, 0.3) is 0 Å². The molecule has 0 aromatic heterocycles. The lowest BCUT2D eigenvalue weighted by Crippen LogP contribution is -1.97. The van der Waals surface area contributed by atoms with Gasteiger partial charge in [-0.2, -0.15) is 0 Å². The Balaban J connectivity index is 2.40. The zero-order valence-corrected chi connectivity index (χ0v) is 8.02.